The Morgan fingerprint density at radius 1 is 1.29 bits per heavy atom. The number of amides is 1. The van der Waals surface area contributed by atoms with Gasteiger partial charge in [-0.1, -0.05) is 36.7 Å². The van der Waals surface area contributed by atoms with Gasteiger partial charge in [0.2, 0.25) is 10.0 Å². The number of carbonyl (C=O) groups excluding carboxylic acids is 2. The Kier molecular flexibility index (Phi) is 6.18. The van der Waals surface area contributed by atoms with Gasteiger partial charge in [0, 0.05) is 10.0 Å². The lowest BCUT2D eigenvalue weighted by molar-refractivity contribution is -0.145. The molecule has 3 N–H and O–H groups in total. The molecule has 0 radical (unpaired) electrons. The topological polar surface area (TPSA) is 116 Å². The number of hydrogen-bond donors (Lipinski definition) is 2. The van der Waals surface area contributed by atoms with E-state index >= 15 is 0 Å². The smallest absolute Gasteiger partial charge is 0.328 e. The van der Waals surface area contributed by atoms with Gasteiger partial charge in [-0.2, -0.15) is 0 Å². The average Bonchev–Trinajstić information content (AvgIpc) is 2.43. The zero-order chi connectivity index (χ0) is 18.9. The molecule has 0 aliphatic heterocycles. The van der Waals surface area contributed by atoms with E-state index in [0.717, 1.165) is 0 Å². The zero-order valence-electron chi connectivity index (χ0n) is 14.1. The molecule has 0 aliphatic rings. The van der Waals surface area contributed by atoms with Gasteiger partial charge in [0.05, 0.1) is 12.0 Å². The van der Waals surface area contributed by atoms with Gasteiger partial charge in [-0.15, -0.1) is 0 Å². The summed E-state index contributed by atoms with van der Waals surface area (Å²) in [4.78, 5) is 24.4. The lowest BCUT2D eigenvalue weighted by Crippen LogP contribution is -2.49. The summed E-state index contributed by atoms with van der Waals surface area (Å²) in [5.74, 6) is -1.18. The molecular formula is C15H21BrN2O5S. The predicted molar refractivity (Wildman–Crippen MR) is 93.0 cm³/mol. The Hall–Kier alpha value is -1.45. The van der Waals surface area contributed by atoms with Crippen molar-refractivity contribution in [1.29, 1.82) is 0 Å². The van der Waals surface area contributed by atoms with E-state index in [1.807, 2.05) is 0 Å². The van der Waals surface area contributed by atoms with Crippen molar-refractivity contribution in [1.82, 2.24) is 5.32 Å². The van der Waals surface area contributed by atoms with E-state index in [2.05, 4.69) is 21.2 Å². The lowest BCUT2D eigenvalue weighted by atomic mass is 9.86. The van der Waals surface area contributed by atoms with Crippen molar-refractivity contribution in [3.8, 4) is 0 Å². The molecule has 0 fully saturated rings. The summed E-state index contributed by atoms with van der Waals surface area (Å²) in [5.41, 5.74) is -0.284. The van der Waals surface area contributed by atoms with E-state index in [-0.39, 0.29) is 16.0 Å². The van der Waals surface area contributed by atoms with Crippen LogP contribution in [0.4, 0.5) is 0 Å². The number of carbonyl (C=O) groups is 2. The molecular weight excluding hydrogens is 400 g/mol. The Bertz CT molecular complexity index is 769. The predicted octanol–water partition coefficient (Wildman–Crippen LogP) is 1.72. The number of benzene rings is 1. The number of rotatable bonds is 4. The highest BCUT2D eigenvalue weighted by molar-refractivity contribution is 9.10. The largest absolute Gasteiger partial charge is 0.467 e. The van der Waals surface area contributed by atoms with Crippen LogP contribution in [-0.4, -0.2) is 33.4 Å². The summed E-state index contributed by atoms with van der Waals surface area (Å²) in [6, 6.07) is 1.89. The van der Waals surface area contributed by atoms with Crippen LogP contribution in [0.1, 0.15) is 36.7 Å². The maximum Gasteiger partial charge on any atom is 0.328 e. The van der Waals surface area contributed by atoms with Crippen LogP contribution in [0.5, 0.6) is 0 Å². The number of nitrogens with one attached hydrogen (secondary N) is 1. The first kappa shape index (κ1) is 20.6. The number of primary sulfonamides is 1. The third-order valence-electron chi connectivity index (χ3n) is 3.45. The monoisotopic (exact) mass is 420 g/mol. The van der Waals surface area contributed by atoms with Crippen LogP contribution in [0.25, 0.3) is 0 Å². The van der Waals surface area contributed by atoms with Gasteiger partial charge in [0.1, 0.15) is 6.04 Å². The van der Waals surface area contributed by atoms with E-state index in [0.29, 0.717) is 4.47 Å². The van der Waals surface area contributed by atoms with Gasteiger partial charge < -0.3 is 10.1 Å². The quantitative estimate of drug-likeness (QED) is 0.719. The summed E-state index contributed by atoms with van der Waals surface area (Å²) in [5, 5.41) is 7.78. The van der Waals surface area contributed by atoms with Crippen molar-refractivity contribution in [3.63, 3.8) is 0 Å². The summed E-state index contributed by atoms with van der Waals surface area (Å²) in [7, 11) is -2.76. The van der Waals surface area contributed by atoms with Gasteiger partial charge in [-0.05, 0) is 30.0 Å². The highest BCUT2D eigenvalue weighted by Crippen LogP contribution is 2.25. The van der Waals surface area contributed by atoms with Crippen LogP contribution >= 0.6 is 15.9 Å². The molecule has 1 amide bonds. The fraction of sp³-hybridized carbons (Fsp3) is 0.467. The SMILES string of the molecule is COC(=O)[C@@H](NC(=O)c1cc(Br)cc(S(N)(=O)=O)c1C)C(C)(C)C. The molecule has 0 unspecified atom stereocenters. The highest BCUT2D eigenvalue weighted by Gasteiger charge is 2.34. The molecule has 1 rings (SSSR count). The van der Waals surface area contributed by atoms with E-state index in [1.54, 1.807) is 20.8 Å². The van der Waals surface area contributed by atoms with Crippen molar-refractivity contribution < 1.29 is 22.7 Å². The number of ether oxygens (including phenoxy) is 1. The first-order valence-electron chi connectivity index (χ1n) is 7.00. The minimum Gasteiger partial charge on any atom is -0.467 e. The molecule has 24 heavy (non-hydrogen) atoms. The number of nitrogens with two attached hydrogens (primary N) is 1. The van der Waals surface area contributed by atoms with Crippen LogP contribution in [0.2, 0.25) is 0 Å². The Labute approximate surface area is 150 Å². The Balaban J connectivity index is 3.34. The summed E-state index contributed by atoms with van der Waals surface area (Å²) in [6.45, 7) is 6.81. The molecule has 7 nitrogen and oxygen atoms in total. The van der Waals surface area contributed by atoms with Crippen molar-refractivity contribution in [2.24, 2.45) is 10.6 Å². The molecule has 1 aromatic carbocycles. The second kappa shape index (κ2) is 7.20. The summed E-state index contributed by atoms with van der Waals surface area (Å²) < 4.78 is 28.4. The third kappa shape index (κ3) is 4.78. The number of esters is 1. The van der Waals surface area contributed by atoms with Crippen LogP contribution in [0.3, 0.4) is 0 Å². The molecule has 0 aliphatic carbocycles. The maximum atomic E-state index is 12.6. The number of hydrogen-bond acceptors (Lipinski definition) is 5. The molecule has 9 heteroatoms. The van der Waals surface area contributed by atoms with Gasteiger partial charge in [-0.25, -0.2) is 18.4 Å². The molecule has 0 bridgehead atoms. The molecule has 134 valence electrons. The van der Waals surface area contributed by atoms with Crippen molar-refractivity contribution in [2.75, 3.05) is 7.11 Å². The molecule has 0 aromatic heterocycles. The first-order valence-corrected chi connectivity index (χ1v) is 9.34. The first-order chi connectivity index (χ1) is 10.8. The van der Waals surface area contributed by atoms with Crippen LogP contribution < -0.4 is 10.5 Å². The average molecular weight is 421 g/mol. The number of methoxy groups -OCH3 is 1. The lowest BCUT2D eigenvalue weighted by Gasteiger charge is -2.29. The Morgan fingerprint density at radius 3 is 2.25 bits per heavy atom. The van der Waals surface area contributed by atoms with E-state index in [4.69, 9.17) is 9.88 Å². The standard InChI is InChI=1S/C15H21BrN2O5S/c1-8-10(6-9(16)7-11(8)24(17,21)22)13(19)18-12(14(20)23-5)15(2,3)4/h6-7,12H,1-5H3,(H,18,19)(H2,17,21,22)/t12-/m1/s1. The van der Waals surface area contributed by atoms with Gasteiger partial charge in [0.25, 0.3) is 5.91 Å². The van der Waals surface area contributed by atoms with Crippen molar-refractivity contribution in [2.45, 2.75) is 38.6 Å². The third-order valence-corrected chi connectivity index (χ3v) is 4.95. The fourth-order valence-corrected chi connectivity index (χ4v) is 3.58. The van der Waals surface area contributed by atoms with E-state index in [9.17, 15) is 18.0 Å². The molecule has 1 aromatic rings. The van der Waals surface area contributed by atoms with Crippen molar-refractivity contribution >= 4 is 37.8 Å². The fourth-order valence-electron chi connectivity index (χ4n) is 2.14. The molecule has 0 saturated carbocycles. The number of sulfonamides is 1. The van der Waals surface area contributed by atoms with Crippen LogP contribution in [-0.2, 0) is 19.6 Å². The highest BCUT2D eigenvalue weighted by atomic mass is 79.9. The summed E-state index contributed by atoms with van der Waals surface area (Å²) >= 11 is 3.16. The maximum absolute atomic E-state index is 12.6. The normalized spacial score (nSPS) is 13.3. The van der Waals surface area contributed by atoms with E-state index < -0.39 is 33.4 Å². The van der Waals surface area contributed by atoms with Gasteiger partial charge in [-0.3, -0.25) is 4.79 Å². The van der Waals surface area contributed by atoms with Crippen molar-refractivity contribution in [3.05, 3.63) is 27.7 Å². The zero-order valence-corrected chi connectivity index (χ0v) is 16.5. The van der Waals surface area contributed by atoms with E-state index in [1.165, 1.54) is 26.2 Å². The number of halogens is 1. The Morgan fingerprint density at radius 2 is 1.83 bits per heavy atom. The minimum atomic E-state index is -3.99. The van der Waals surface area contributed by atoms with Crippen LogP contribution in [0.15, 0.2) is 21.5 Å². The summed E-state index contributed by atoms with van der Waals surface area (Å²) in [6.07, 6.45) is 0. The molecule has 0 heterocycles. The second-order valence-corrected chi connectivity index (χ2v) is 8.86. The molecule has 0 saturated heterocycles. The second-order valence-electron chi connectivity index (χ2n) is 6.42. The van der Waals surface area contributed by atoms with Gasteiger partial charge >= 0.3 is 5.97 Å². The van der Waals surface area contributed by atoms with Crippen LogP contribution in [0, 0.1) is 12.3 Å². The molecule has 0 spiro atoms. The van der Waals surface area contributed by atoms with Gasteiger partial charge in [0.15, 0.2) is 0 Å². The molecule has 1 atom stereocenters. The minimum absolute atomic E-state index is 0.103.